The highest BCUT2D eigenvalue weighted by Gasteiger charge is 2.25. The summed E-state index contributed by atoms with van der Waals surface area (Å²) < 4.78 is 22.5. The van der Waals surface area contributed by atoms with Gasteiger partial charge in [-0.15, -0.1) is 0 Å². The number of carboxylic acids is 1. The number of furan rings is 1. The summed E-state index contributed by atoms with van der Waals surface area (Å²) in [6.45, 7) is 7.35. The van der Waals surface area contributed by atoms with Crippen molar-refractivity contribution in [2.24, 2.45) is 9.36 Å². The summed E-state index contributed by atoms with van der Waals surface area (Å²) in [5.41, 5.74) is 2.43. The minimum absolute atomic E-state index is 0.0188. The first-order valence-electron chi connectivity index (χ1n) is 13.3. The quantitative estimate of drug-likeness (QED) is 0.128. The number of hydrogen-bond acceptors (Lipinski definition) is 7. The maximum absolute atomic E-state index is 13.3. The van der Waals surface area contributed by atoms with Gasteiger partial charge in [0.15, 0.2) is 5.76 Å². The molecule has 226 valence electrons. The second kappa shape index (κ2) is 15.3. The lowest BCUT2D eigenvalue weighted by molar-refractivity contribution is -0.137. The third kappa shape index (κ3) is 10.1. The van der Waals surface area contributed by atoms with Gasteiger partial charge in [-0.25, -0.2) is 9.00 Å². The van der Waals surface area contributed by atoms with E-state index in [0.717, 1.165) is 5.56 Å². The molecule has 1 aliphatic heterocycles. The zero-order valence-corrected chi connectivity index (χ0v) is 24.7. The molecule has 0 aliphatic carbocycles. The Kier molecular flexibility index (Phi) is 11.6. The smallest absolute Gasteiger partial charge is 0.317 e. The molecule has 12 nitrogen and oxygen atoms in total. The molecule has 13 heteroatoms. The van der Waals surface area contributed by atoms with Crippen LogP contribution >= 0.6 is 0 Å². The van der Waals surface area contributed by atoms with Gasteiger partial charge in [0.05, 0.1) is 33.1 Å². The molecule has 2 aromatic rings. The van der Waals surface area contributed by atoms with E-state index in [1.807, 2.05) is 0 Å². The topological polar surface area (TPSA) is 171 Å². The molecule has 4 amide bonds. The number of carbonyl (C=O) groups is 4. The largest absolute Gasteiger partial charge is 0.481 e. The molecule has 0 bridgehead atoms. The molecule has 1 saturated heterocycles. The molecule has 1 aromatic heterocycles. The van der Waals surface area contributed by atoms with Crippen LogP contribution in [0.3, 0.4) is 0 Å². The maximum Gasteiger partial charge on any atom is 0.317 e. The molecule has 3 N–H and O–H groups in total. The summed E-state index contributed by atoms with van der Waals surface area (Å²) >= 11 is 0. The minimum Gasteiger partial charge on any atom is -0.481 e. The fraction of sp³-hybridized carbons (Fsp3) is 0.300. The number of aliphatic imine (C=N–C) groups is 1. The fourth-order valence-corrected chi connectivity index (χ4v) is 5.73. The van der Waals surface area contributed by atoms with E-state index in [0.29, 0.717) is 23.2 Å². The van der Waals surface area contributed by atoms with Gasteiger partial charge in [-0.05, 0) is 57.3 Å². The molecule has 3 rings (SSSR count). The molecule has 2 heterocycles. The normalized spacial score (nSPS) is 14.6. The lowest BCUT2D eigenvalue weighted by Crippen LogP contribution is -2.48. The zero-order valence-electron chi connectivity index (χ0n) is 23.9. The average Bonchev–Trinajstić information content (AvgIpc) is 3.40. The van der Waals surface area contributed by atoms with E-state index < -0.39 is 21.6 Å². The number of amides is 4. The number of benzene rings is 1. The number of nitrogens with one attached hydrogen (secondary N) is 2. The fourth-order valence-electron chi connectivity index (χ4n) is 3.93. The van der Waals surface area contributed by atoms with Crippen LogP contribution in [0.4, 0.5) is 10.5 Å². The highest BCUT2D eigenvalue weighted by molar-refractivity contribution is 7.94. The van der Waals surface area contributed by atoms with Crippen LogP contribution in [0, 0.1) is 18.8 Å². The zero-order chi connectivity index (χ0) is 31.4. The lowest BCUT2D eigenvalue weighted by Gasteiger charge is -2.28. The Labute approximate surface area is 250 Å². The number of urea groups is 1. The van der Waals surface area contributed by atoms with Crippen LogP contribution in [0.5, 0.6) is 0 Å². The van der Waals surface area contributed by atoms with Crippen molar-refractivity contribution in [3.8, 4) is 11.8 Å². The molecule has 0 spiro atoms. The van der Waals surface area contributed by atoms with Crippen molar-refractivity contribution in [3.63, 3.8) is 0 Å². The van der Waals surface area contributed by atoms with Gasteiger partial charge in [-0.1, -0.05) is 17.9 Å². The Balaban J connectivity index is 1.64. The summed E-state index contributed by atoms with van der Waals surface area (Å²) in [5, 5.41) is 14.1. The van der Waals surface area contributed by atoms with E-state index in [9.17, 15) is 23.4 Å². The minimum atomic E-state index is -2.91. The van der Waals surface area contributed by atoms with Gasteiger partial charge in [0.1, 0.15) is 0 Å². The van der Waals surface area contributed by atoms with Gasteiger partial charge < -0.3 is 25.1 Å². The van der Waals surface area contributed by atoms with Crippen LogP contribution in [0.15, 0.2) is 73.8 Å². The third-order valence-electron chi connectivity index (χ3n) is 6.18. The van der Waals surface area contributed by atoms with Crippen molar-refractivity contribution >= 4 is 45.9 Å². The Bertz CT molecular complexity index is 1640. The van der Waals surface area contributed by atoms with Crippen LogP contribution < -0.4 is 10.6 Å². The van der Waals surface area contributed by atoms with E-state index in [-0.39, 0.29) is 60.8 Å². The standard InChI is InChI=1S/C30H33N5O7S/c1-21(9-10-23-6-4-7-25(19-23)33-29(39)27-22(2)11-15-42-27)18-24(20-31-3)28(38)34-43(41)16-13-35(14-17-43)30(40)32-12-5-8-26(36)37/h4,6-7,11,15,18-20H,3,5,8,12-14,16-17H2,1-2H3,(H,32,40)(H,33,39)(H,36,37)/b21-18+,24-20+. The van der Waals surface area contributed by atoms with Gasteiger partial charge in [0.25, 0.3) is 11.8 Å². The number of carbonyl (C=O) groups excluding carboxylic acids is 3. The van der Waals surface area contributed by atoms with Crippen molar-refractivity contribution < 1.29 is 32.9 Å². The predicted molar refractivity (Wildman–Crippen MR) is 163 cm³/mol. The van der Waals surface area contributed by atoms with Crippen LogP contribution in [0.2, 0.25) is 0 Å². The molecule has 0 saturated carbocycles. The van der Waals surface area contributed by atoms with Gasteiger partial charge in [0.2, 0.25) is 0 Å². The number of rotatable bonds is 9. The summed E-state index contributed by atoms with van der Waals surface area (Å²) in [5.74, 6) is 4.14. The number of aliphatic carboxylic acids is 1. The molecular formula is C30H33N5O7S. The first-order valence-corrected chi connectivity index (χ1v) is 15.2. The summed E-state index contributed by atoms with van der Waals surface area (Å²) in [4.78, 5) is 53.4. The summed E-state index contributed by atoms with van der Waals surface area (Å²) in [6.07, 6.45) is 4.38. The Morgan fingerprint density at radius 1 is 1.21 bits per heavy atom. The van der Waals surface area contributed by atoms with E-state index in [1.54, 1.807) is 44.2 Å². The van der Waals surface area contributed by atoms with Crippen molar-refractivity contribution in [2.75, 3.05) is 36.5 Å². The number of nitrogens with zero attached hydrogens (tertiary/aromatic N) is 3. The average molecular weight is 608 g/mol. The van der Waals surface area contributed by atoms with Crippen LogP contribution in [0.1, 0.15) is 41.4 Å². The first-order chi connectivity index (χ1) is 20.5. The van der Waals surface area contributed by atoms with Gasteiger partial charge in [0, 0.05) is 54.6 Å². The van der Waals surface area contributed by atoms with Gasteiger partial charge in [-0.3, -0.25) is 19.4 Å². The molecule has 1 fully saturated rings. The van der Waals surface area contributed by atoms with Crippen LogP contribution in [-0.4, -0.2) is 75.9 Å². The monoisotopic (exact) mass is 607 g/mol. The van der Waals surface area contributed by atoms with Crippen molar-refractivity contribution in [3.05, 3.63) is 76.9 Å². The van der Waals surface area contributed by atoms with Gasteiger partial charge >= 0.3 is 12.0 Å². The SMILES string of the molecule is C=N/C=C(\C=C(/C)C#Cc1cccc(NC(=O)c2occc2C)c1)C(=O)N=S1(=O)CCN(C(=O)NCCCC(=O)O)CC1. The second-order valence-corrected chi connectivity index (χ2v) is 12.1. The number of anilines is 1. The second-order valence-electron chi connectivity index (χ2n) is 9.61. The van der Waals surface area contributed by atoms with Crippen molar-refractivity contribution in [1.29, 1.82) is 0 Å². The number of carboxylic acid groups (broad SMARTS) is 1. The summed E-state index contributed by atoms with van der Waals surface area (Å²) in [7, 11) is -2.91. The van der Waals surface area contributed by atoms with E-state index >= 15 is 0 Å². The van der Waals surface area contributed by atoms with Crippen LogP contribution in [0.25, 0.3) is 0 Å². The van der Waals surface area contributed by atoms with Crippen LogP contribution in [-0.2, 0) is 19.3 Å². The first kappa shape index (κ1) is 32.6. The molecular weight excluding hydrogens is 574 g/mol. The number of allylic oxidation sites excluding steroid dienone is 1. The molecule has 0 unspecified atom stereocenters. The van der Waals surface area contributed by atoms with Crippen molar-refractivity contribution in [2.45, 2.75) is 26.7 Å². The Hall–Kier alpha value is -4.96. The Morgan fingerprint density at radius 2 is 1.95 bits per heavy atom. The highest BCUT2D eigenvalue weighted by atomic mass is 32.2. The molecule has 0 atom stereocenters. The third-order valence-corrected chi connectivity index (χ3v) is 8.32. The van der Waals surface area contributed by atoms with E-state index in [1.165, 1.54) is 23.4 Å². The van der Waals surface area contributed by atoms with Gasteiger partial charge in [-0.2, -0.15) is 4.36 Å². The molecule has 1 aliphatic rings. The van der Waals surface area contributed by atoms with E-state index in [2.05, 4.69) is 38.5 Å². The number of aryl methyl sites for hydroxylation is 1. The van der Waals surface area contributed by atoms with E-state index in [4.69, 9.17) is 9.52 Å². The molecule has 1 aromatic carbocycles. The maximum atomic E-state index is 13.3. The summed E-state index contributed by atoms with van der Waals surface area (Å²) in [6, 6.07) is 8.25. The highest BCUT2D eigenvalue weighted by Crippen LogP contribution is 2.16. The van der Waals surface area contributed by atoms with Crippen molar-refractivity contribution in [1.82, 2.24) is 10.2 Å². The predicted octanol–water partition coefficient (Wildman–Crippen LogP) is 3.61. The Morgan fingerprint density at radius 3 is 2.60 bits per heavy atom. The number of hydrogen-bond donors (Lipinski definition) is 3. The molecule has 0 radical (unpaired) electrons. The lowest BCUT2D eigenvalue weighted by atomic mass is 10.1. The molecule has 43 heavy (non-hydrogen) atoms.